The van der Waals surface area contributed by atoms with Crippen LogP contribution in [0.5, 0.6) is 46.0 Å². The number of hydrogen-bond acceptors (Lipinski definition) is 9. The number of fused-ring (bicyclic) bond motifs is 2. The molecule has 55 heavy (non-hydrogen) atoms. The summed E-state index contributed by atoms with van der Waals surface area (Å²) in [7, 11) is 10.9. The summed E-state index contributed by atoms with van der Waals surface area (Å²) in [5, 5.41) is 3.03. The highest BCUT2D eigenvalue weighted by molar-refractivity contribution is 6.06. The van der Waals surface area contributed by atoms with Crippen molar-refractivity contribution in [2.45, 2.75) is 37.8 Å². The number of nitrogens with one attached hydrogen (secondary N) is 1. The lowest BCUT2D eigenvalue weighted by Crippen LogP contribution is -2.34. The minimum absolute atomic E-state index is 0.0157. The van der Waals surface area contributed by atoms with Crippen molar-refractivity contribution in [3.63, 3.8) is 0 Å². The van der Waals surface area contributed by atoms with Crippen molar-refractivity contribution in [2.24, 2.45) is 0 Å². The number of ether oxygens (including phenoxy) is 6. The molecule has 5 aromatic rings. The van der Waals surface area contributed by atoms with Crippen molar-refractivity contribution in [3.05, 3.63) is 124 Å². The Kier molecular flexibility index (Phi) is 10.0. The summed E-state index contributed by atoms with van der Waals surface area (Å²) < 4.78 is 36.9. The molecule has 2 atom stereocenters. The lowest BCUT2D eigenvalue weighted by atomic mass is 9.87. The fraction of sp³-hybridized carbons (Fsp3) is 0.311. The van der Waals surface area contributed by atoms with E-state index in [0.29, 0.717) is 63.7 Å². The largest absolute Gasteiger partial charge is 0.497 e. The number of nitrogens with zero attached hydrogens (tertiary/aromatic N) is 2. The van der Waals surface area contributed by atoms with Gasteiger partial charge in [0.05, 0.1) is 34.0 Å². The Balaban J connectivity index is 1.27. The van der Waals surface area contributed by atoms with E-state index in [-0.39, 0.29) is 18.0 Å². The van der Waals surface area contributed by atoms with Gasteiger partial charge in [0.2, 0.25) is 5.75 Å². The highest BCUT2D eigenvalue weighted by Gasteiger charge is 2.34. The molecular weight excluding hydrogens is 695 g/mol. The lowest BCUT2D eigenvalue weighted by molar-refractivity contribution is 0.102. The van der Waals surface area contributed by atoms with E-state index in [1.165, 1.54) is 11.1 Å². The average molecular weight is 742 g/mol. The Hall–Kier alpha value is -5.71. The number of carbonyl (C=O) groups excluding carboxylic acids is 1. The van der Waals surface area contributed by atoms with Crippen LogP contribution in [0, 0.1) is 0 Å². The van der Waals surface area contributed by atoms with Crippen LogP contribution in [0.2, 0.25) is 0 Å². The first kappa shape index (κ1) is 36.3. The van der Waals surface area contributed by atoms with Gasteiger partial charge in [0.15, 0.2) is 23.0 Å². The highest BCUT2D eigenvalue weighted by Crippen LogP contribution is 2.51. The van der Waals surface area contributed by atoms with Crippen LogP contribution in [-0.4, -0.2) is 71.3 Å². The molecule has 1 amide bonds. The van der Waals surface area contributed by atoms with Crippen molar-refractivity contribution >= 4 is 11.6 Å². The van der Waals surface area contributed by atoms with Crippen LogP contribution >= 0.6 is 0 Å². The monoisotopic (exact) mass is 741 g/mol. The van der Waals surface area contributed by atoms with Gasteiger partial charge in [-0.1, -0.05) is 18.2 Å². The molecule has 0 saturated carbocycles. The van der Waals surface area contributed by atoms with Crippen molar-refractivity contribution in [1.82, 2.24) is 9.80 Å². The minimum atomic E-state index is -0.263. The van der Waals surface area contributed by atoms with Crippen molar-refractivity contribution in [2.75, 3.05) is 60.9 Å². The molecule has 284 valence electrons. The van der Waals surface area contributed by atoms with Crippen LogP contribution in [0.15, 0.2) is 84.9 Å². The fourth-order valence-electron chi connectivity index (χ4n) is 8.19. The van der Waals surface area contributed by atoms with Gasteiger partial charge in [0.25, 0.3) is 5.91 Å². The number of amides is 1. The summed E-state index contributed by atoms with van der Waals surface area (Å²) in [5.41, 5.74) is 7.87. The molecule has 0 aromatic heterocycles. The van der Waals surface area contributed by atoms with Gasteiger partial charge in [-0.3, -0.25) is 14.6 Å². The van der Waals surface area contributed by atoms with Crippen molar-refractivity contribution in [3.8, 4) is 46.0 Å². The number of anilines is 1. The summed E-state index contributed by atoms with van der Waals surface area (Å²) in [5.74, 6) is 4.68. The Labute approximate surface area is 322 Å². The van der Waals surface area contributed by atoms with Crippen LogP contribution < -0.4 is 33.7 Å². The maximum absolute atomic E-state index is 13.8. The maximum Gasteiger partial charge on any atom is 0.259 e. The molecule has 0 aliphatic carbocycles. The average Bonchev–Trinajstić information content (AvgIpc) is 3.20. The fourth-order valence-corrected chi connectivity index (χ4v) is 8.19. The van der Waals surface area contributed by atoms with Crippen LogP contribution in [0.3, 0.4) is 0 Å². The molecule has 5 aromatic carbocycles. The number of rotatable bonds is 6. The normalized spacial score (nSPS) is 17.8. The van der Waals surface area contributed by atoms with Crippen LogP contribution in [0.1, 0.15) is 55.8 Å². The van der Waals surface area contributed by atoms with E-state index in [1.54, 1.807) is 28.4 Å². The summed E-state index contributed by atoms with van der Waals surface area (Å²) in [6.07, 6.45) is 3.11. The summed E-state index contributed by atoms with van der Waals surface area (Å²) in [4.78, 5) is 18.6. The van der Waals surface area contributed by atoms with E-state index >= 15 is 0 Å². The van der Waals surface area contributed by atoms with E-state index in [4.69, 9.17) is 28.4 Å². The van der Waals surface area contributed by atoms with Gasteiger partial charge in [0, 0.05) is 36.4 Å². The molecule has 4 aliphatic rings. The molecule has 0 fully saturated rings. The quantitative estimate of drug-likeness (QED) is 0.184. The predicted molar refractivity (Wildman–Crippen MR) is 212 cm³/mol. The zero-order valence-electron chi connectivity index (χ0n) is 32.2. The van der Waals surface area contributed by atoms with Crippen molar-refractivity contribution in [1.29, 1.82) is 0 Å². The van der Waals surface area contributed by atoms with Crippen LogP contribution in [0.25, 0.3) is 0 Å². The third kappa shape index (κ3) is 7.03. The zero-order valence-corrected chi connectivity index (χ0v) is 32.2. The Bertz CT molecular complexity index is 2220. The van der Waals surface area contributed by atoms with Gasteiger partial charge in [-0.2, -0.15) is 0 Å². The summed E-state index contributed by atoms with van der Waals surface area (Å²) >= 11 is 0. The van der Waals surface area contributed by atoms with E-state index in [1.807, 2.05) is 54.6 Å². The first-order chi connectivity index (χ1) is 26.8. The first-order valence-electron chi connectivity index (χ1n) is 18.7. The molecule has 0 spiro atoms. The molecule has 4 heterocycles. The maximum atomic E-state index is 13.8. The van der Waals surface area contributed by atoms with Crippen LogP contribution in [0.4, 0.5) is 5.69 Å². The van der Waals surface area contributed by atoms with Gasteiger partial charge < -0.3 is 33.7 Å². The Morgan fingerprint density at radius 1 is 0.673 bits per heavy atom. The number of benzene rings is 5. The molecule has 0 saturated heterocycles. The lowest BCUT2D eigenvalue weighted by Gasteiger charge is -2.37. The molecular formula is C45H47N3O7. The smallest absolute Gasteiger partial charge is 0.259 e. The van der Waals surface area contributed by atoms with Gasteiger partial charge in [-0.05, 0) is 134 Å². The molecule has 0 radical (unpaired) electrons. The molecule has 6 bridgehead atoms. The topological polar surface area (TPSA) is 91.0 Å². The van der Waals surface area contributed by atoms with Gasteiger partial charge in [-0.25, -0.2) is 0 Å². The van der Waals surface area contributed by atoms with Crippen molar-refractivity contribution < 1.29 is 33.2 Å². The second kappa shape index (κ2) is 15.2. The Morgan fingerprint density at radius 3 is 2.05 bits per heavy atom. The second-order valence-electron chi connectivity index (χ2n) is 14.5. The summed E-state index contributed by atoms with van der Waals surface area (Å²) in [6, 6.07) is 27.6. The first-order valence-corrected chi connectivity index (χ1v) is 18.7. The van der Waals surface area contributed by atoms with Gasteiger partial charge in [-0.15, -0.1) is 0 Å². The number of methoxy groups -OCH3 is 4. The third-order valence-corrected chi connectivity index (χ3v) is 11.3. The predicted octanol–water partition coefficient (Wildman–Crippen LogP) is 8.41. The number of likely N-dealkylation sites (N-methyl/N-ethyl adjacent to an activating group) is 2. The molecule has 4 aliphatic heterocycles. The van der Waals surface area contributed by atoms with Gasteiger partial charge in [0.1, 0.15) is 17.2 Å². The molecule has 9 rings (SSSR count). The minimum Gasteiger partial charge on any atom is -0.497 e. The number of carbonyl (C=O) groups is 1. The SMILES string of the molecule is COc1ccc(NC(=O)c2ccc3cc2Oc2ccc(cc2)C[C@H]2c4c(cc(OC)c(OC)c4Oc4cc5c(cc4OC)CCN(C)[C@@H]5C3)CCN2C)cc1. The van der Waals surface area contributed by atoms with Gasteiger partial charge >= 0.3 is 0 Å². The van der Waals surface area contributed by atoms with Crippen LogP contribution in [-0.2, 0) is 25.7 Å². The number of hydrogen-bond donors (Lipinski definition) is 1. The van der Waals surface area contributed by atoms with E-state index in [0.717, 1.165) is 54.6 Å². The van der Waals surface area contributed by atoms with E-state index < -0.39 is 0 Å². The summed E-state index contributed by atoms with van der Waals surface area (Å²) in [6.45, 7) is 1.76. The third-order valence-electron chi connectivity index (χ3n) is 11.3. The van der Waals surface area contributed by atoms with E-state index in [2.05, 4.69) is 59.5 Å². The molecule has 1 N–H and O–H groups in total. The Morgan fingerprint density at radius 2 is 1.35 bits per heavy atom. The second-order valence-corrected chi connectivity index (χ2v) is 14.5. The molecule has 10 nitrogen and oxygen atoms in total. The molecule has 0 unspecified atom stereocenters. The standard InChI is InChI=1S/C45H47N3O7/c1-47-19-17-29-24-39(51-4)40-26-35(29)36(47)22-28-9-16-34(45(49)46-31-10-14-32(50-3)15-11-31)38(23-28)54-33-12-7-27(8-13-33)21-37-42-30(18-20-48(37)2)25-41(52-5)43(53-6)44(42)55-40/h7-16,23-26,36-37H,17-22H2,1-6H3,(H,46,49)/t36-,37+/m1/s1. The zero-order chi connectivity index (χ0) is 38.2. The van der Waals surface area contributed by atoms with E-state index in [9.17, 15) is 4.79 Å². The molecule has 10 heteroatoms. The highest BCUT2D eigenvalue weighted by atomic mass is 16.5.